The van der Waals surface area contributed by atoms with Crippen molar-refractivity contribution >= 4 is 23.6 Å². The van der Waals surface area contributed by atoms with Gasteiger partial charge in [0, 0.05) is 12.1 Å². The first-order valence-electron chi connectivity index (χ1n) is 9.80. The van der Waals surface area contributed by atoms with Gasteiger partial charge in [-0.25, -0.2) is 13.6 Å². The van der Waals surface area contributed by atoms with E-state index in [1.807, 2.05) is 13.8 Å². The van der Waals surface area contributed by atoms with E-state index in [1.54, 1.807) is 0 Å². The maximum absolute atomic E-state index is 13.4. The Morgan fingerprint density at radius 2 is 1.55 bits per heavy atom. The Balaban J connectivity index is 1.74. The van der Waals surface area contributed by atoms with Gasteiger partial charge >= 0.3 is 5.97 Å². The molecule has 0 spiro atoms. The Morgan fingerprint density at radius 1 is 0.903 bits per heavy atom. The number of amides is 2. The van der Waals surface area contributed by atoms with Crippen LogP contribution in [0, 0.1) is 17.6 Å². The molecule has 8 heteroatoms. The summed E-state index contributed by atoms with van der Waals surface area (Å²) in [5.41, 5.74) is 0.157. The van der Waals surface area contributed by atoms with Crippen LogP contribution in [0.4, 0.5) is 8.78 Å². The topological polar surface area (TPSA) is 80.8 Å². The molecule has 1 aliphatic heterocycles. The fourth-order valence-corrected chi connectivity index (χ4v) is 3.17. The van der Waals surface area contributed by atoms with Crippen LogP contribution >= 0.6 is 0 Å². The molecular weight excluding hydrogens is 408 g/mol. The Kier molecular flexibility index (Phi) is 6.29. The molecule has 31 heavy (non-hydrogen) atoms. The molecular formula is C23H21F2NO5. The zero-order valence-corrected chi connectivity index (χ0v) is 17.3. The zero-order chi connectivity index (χ0) is 22.9. The minimum absolute atomic E-state index is 0.00412. The molecule has 0 fully saturated rings. The molecule has 0 saturated carbocycles. The van der Waals surface area contributed by atoms with Gasteiger partial charge < -0.3 is 4.74 Å². The van der Waals surface area contributed by atoms with Crippen molar-refractivity contribution in [3.8, 4) is 0 Å². The van der Waals surface area contributed by atoms with Gasteiger partial charge in [-0.3, -0.25) is 19.3 Å². The summed E-state index contributed by atoms with van der Waals surface area (Å²) in [5, 5.41) is 0. The Labute approximate surface area is 177 Å². The van der Waals surface area contributed by atoms with Gasteiger partial charge in [0.05, 0.1) is 16.7 Å². The standard InChI is InChI=1S/C23H21F2NO5/c1-12(2)8-9-26-21(28)16-6-4-15(10-17(16)22(26)29)23(30)31-13(3)20(27)14-5-7-18(24)19(25)11-14/h4-7,10-13H,8-9H2,1-3H3. The highest BCUT2D eigenvalue weighted by Crippen LogP contribution is 2.25. The zero-order valence-electron chi connectivity index (χ0n) is 17.3. The van der Waals surface area contributed by atoms with E-state index in [9.17, 15) is 28.0 Å². The maximum atomic E-state index is 13.4. The lowest BCUT2D eigenvalue weighted by molar-refractivity contribution is 0.0318. The van der Waals surface area contributed by atoms with Gasteiger partial charge in [0.2, 0.25) is 5.78 Å². The van der Waals surface area contributed by atoms with Crippen molar-refractivity contribution in [2.45, 2.75) is 33.3 Å². The summed E-state index contributed by atoms with van der Waals surface area (Å²) < 4.78 is 31.5. The number of Topliss-reactive ketones (excluding diaryl/α,β-unsaturated/α-hetero) is 1. The first-order chi connectivity index (χ1) is 14.6. The Hall–Kier alpha value is -3.42. The SMILES string of the molecule is CC(C)CCN1C(=O)c2ccc(C(=O)OC(C)C(=O)c3ccc(F)c(F)c3)cc2C1=O. The number of fused-ring (bicyclic) bond motifs is 1. The number of imide groups is 1. The smallest absolute Gasteiger partial charge is 0.338 e. The van der Waals surface area contributed by atoms with Crippen molar-refractivity contribution in [2.75, 3.05) is 6.54 Å². The van der Waals surface area contributed by atoms with Gasteiger partial charge in [0.25, 0.3) is 11.8 Å². The number of nitrogens with zero attached hydrogens (tertiary/aromatic N) is 1. The van der Waals surface area contributed by atoms with Crippen molar-refractivity contribution in [2.24, 2.45) is 5.92 Å². The number of ether oxygens (including phenoxy) is 1. The van der Waals surface area contributed by atoms with Gasteiger partial charge in [-0.1, -0.05) is 13.8 Å². The molecule has 1 heterocycles. The molecule has 6 nitrogen and oxygen atoms in total. The largest absolute Gasteiger partial charge is 0.451 e. The molecule has 0 N–H and O–H groups in total. The summed E-state index contributed by atoms with van der Waals surface area (Å²) in [6.45, 7) is 5.55. The van der Waals surface area contributed by atoms with E-state index in [2.05, 4.69) is 0 Å². The van der Waals surface area contributed by atoms with E-state index in [0.29, 0.717) is 12.3 Å². The quantitative estimate of drug-likeness (QED) is 0.377. The molecule has 1 unspecified atom stereocenters. The fourth-order valence-electron chi connectivity index (χ4n) is 3.17. The lowest BCUT2D eigenvalue weighted by Crippen LogP contribution is -2.31. The molecule has 0 radical (unpaired) electrons. The number of rotatable bonds is 7. The third kappa shape index (κ3) is 4.52. The predicted molar refractivity (Wildman–Crippen MR) is 107 cm³/mol. The predicted octanol–water partition coefficient (Wildman–Crippen LogP) is 4.04. The number of carbonyl (C=O) groups is 4. The van der Waals surface area contributed by atoms with Crippen molar-refractivity contribution in [3.63, 3.8) is 0 Å². The first kappa shape index (κ1) is 22.3. The minimum Gasteiger partial charge on any atom is -0.451 e. The highest BCUT2D eigenvalue weighted by Gasteiger charge is 2.36. The number of hydrogen-bond acceptors (Lipinski definition) is 5. The maximum Gasteiger partial charge on any atom is 0.338 e. The van der Waals surface area contributed by atoms with Crippen molar-refractivity contribution < 1.29 is 32.7 Å². The van der Waals surface area contributed by atoms with Crippen molar-refractivity contribution in [1.29, 1.82) is 0 Å². The van der Waals surface area contributed by atoms with Gasteiger partial charge in [0.1, 0.15) is 0 Å². The van der Waals surface area contributed by atoms with Gasteiger partial charge in [-0.2, -0.15) is 0 Å². The van der Waals surface area contributed by atoms with E-state index in [4.69, 9.17) is 4.74 Å². The average molecular weight is 429 g/mol. The molecule has 0 aliphatic carbocycles. The second kappa shape index (κ2) is 8.75. The summed E-state index contributed by atoms with van der Waals surface area (Å²) >= 11 is 0. The van der Waals surface area contributed by atoms with Crippen LogP contribution in [0.25, 0.3) is 0 Å². The van der Waals surface area contributed by atoms with Crippen LogP contribution in [0.1, 0.15) is 68.6 Å². The second-order valence-corrected chi connectivity index (χ2v) is 7.75. The lowest BCUT2D eigenvalue weighted by Gasteiger charge is -2.14. The Bertz CT molecular complexity index is 1080. The summed E-state index contributed by atoms with van der Waals surface area (Å²) in [6, 6.07) is 6.62. The molecule has 3 rings (SSSR count). The first-order valence-corrected chi connectivity index (χ1v) is 9.80. The van der Waals surface area contributed by atoms with E-state index in [1.165, 1.54) is 25.1 Å². The molecule has 0 saturated heterocycles. The number of hydrogen-bond donors (Lipinski definition) is 0. The van der Waals surface area contributed by atoms with E-state index < -0.39 is 41.3 Å². The number of esters is 1. The van der Waals surface area contributed by atoms with Crippen molar-refractivity contribution in [1.82, 2.24) is 4.90 Å². The molecule has 1 atom stereocenters. The number of ketones is 1. The van der Waals surface area contributed by atoms with Gasteiger partial charge in [-0.15, -0.1) is 0 Å². The normalized spacial score (nSPS) is 14.1. The van der Waals surface area contributed by atoms with Crippen LogP contribution < -0.4 is 0 Å². The van der Waals surface area contributed by atoms with Crippen LogP contribution in [0.2, 0.25) is 0 Å². The van der Waals surface area contributed by atoms with E-state index >= 15 is 0 Å². The van der Waals surface area contributed by atoms with E-state index in [-0.39, 0.29) is 28.8 Å². The summed E-state index contributed by atoms with van der Waals surface area (Å²) in [6.07, 6.45) is -0.616. The van der Waals surface area contributed by atoms with Gasteiger partial charge in [0.15, 0.2) is 17.7 Å². The molecule has 2 amide bonds. The van der Waals surface area contributed by atoms with Crippen LogP contribution in [0.5, 0.6) is 0 Å². The lowest BCUT2D eigenvalue weighted by atomic mass is 10.1. The molecule has 1 aliphatic rings. The van der Waals surface area contributed by atoms with Crippen LogP contribution in [0.15, 0.2) is 36.4 Å². The third-order valence-electron chi connectivity index (χ3n) is 4.99. The molecule has 162 valence electrons. The number of carbonyl (C=O) groups excluding carboxylic acids is 4. The van der Waals surface area contributed by atoms with E-state index in [0.717, 1.165) is 23.1 Å². The number of halogens is 2. The molecule has 0 bridgehead atoms. The monoisotopic (exact) mass is 429 g/mol. The Morgan fingerprint density at radius 3 is 2.19 bits per heavy atom. The highest BCUT2D eigenvalue weighted by atomic mass is 19.2. The average Bonchev–Trinajstić information content (AvgIpc) is 2.97. The third-order valence-corrected chi connectivity index (χ3v) is 4.99. The van der Waals surface area contributed by atoms with Crippen LogP contribution in [-0.4, -0.2) is 41.1 Å². The molecule has 2 aromatic rings. The summed E-state index contributed by atoms with van der Waals surface area (Å²) in [4.78, 5) is 51.0. The summed E-state index contributed by atoms with van der Waals surface area (Å²) in [7, 11) is 0. The van der Waals surface area contributed by atoms with Crippen LogP contribution in [-0.2, 0) is 4.74 Å². The highest BCUT2D eigenvalue weighted by molar-refractivity contribution is 6.22. The molecule has 0 aromatic heterocycles. The number of benzene rings is 2. The van der Waals surface area contributed by atoms with Gasteiger partial charge in [-0.05, 0) is 55.7 Å². The van der Waals surface area contributed by atoms with Crippen molar-refractivity contribution in [3.05, 3.63) is 70.3 Å². The van der Waals surface area contributed by atoms with Crippen LogP contribution in [0.3, 0.4) is 0 Å². The second-order valence-electron chi connectivity index (χ2n) is 7.75. The summed E-state index contributed by atoms with van der Waals surface area (Å²) in [5.74, 6) is -4.46. The minimum atomic E-state index is -1.27. The molecule has 2 aromatic carbocycles. The fraction of sp³-hybridized carbons (Fsp3) is 0.304.